The Morgan fingerprint density at radius 2 is 1.95 bits per heavy atom. The minimum absolute atomic E-state index is 0.103. The van der Waals surface area contributed by atoms with Crippen molar-refractivity contribution in [2.45, 2.75) is 30.3 Å². The highest BCUT2D eigenvalue weighted by molar-refractivity contribution is 7.89. The molecule has 1 heterocycles. The summed E-state index contributed by atoms with van der Waals surface area (Å²) in [6.07, 6.45) is -2.54. The van der Waals surface area contributed by atoms with E-state index in [0.29, 0.717) is 19.4 Å². The van der Waals surface area contributed by atoms with Crippen molar-refractivity contribution in [3.05, 3.63) is 29.8 Å². The van der Waals surface area contributed by atoms with E-state index in [1.165, 1.54) is 12.1 Å². The van der Waals surface area contributed by atoms with E-state index < -0.39 is 26.7 Å². The van der Waals surface area contributed by atoms with Gasteiger partial charge in [0.1, 0.15) is 0 Å². The van der Waals surface area contributed by atoms with Crippen LogP contribution in [0.1, 0.15) is 24.8 Å². The molecule has 2 N–H and O–H groups in total. The number of hydrogen-bond donors (Lipinski definition) is 1. The summed E-state index contributed by atoms with van der Waals surface area (Å²) in [6, 6.07) is 4.32. The van der Waals surface area contributed by atoms with Crippen molar-refractivity contribution in [2.24, 2.45) is 11.7 Å². The zero-order valence-electron chi connectivity index (χ0n) is 12.0. The molecule has 124 valence electrons. The molecule has 0 amide bonds. The summed E-state index contributed by atoms with van der Waals surface area (Å²) in [4.78, 5) is -0.670. The van der Waals surface area contributed by atoms with Gasteiger partial charge in [0, 0.05) is 13.1 Å². The van der Waals surface area contributed by atoms with Crippen LogP contribution >= 0.6 is 0 Å². The summed E-state index contributed by atoms with van der Waals surface area (Å²) in [6.45, 7) is 0.916. The number of hydrogen-bond acceptors (Lipinski definition) is 3. The quantitative estimate of drug-likeness (QED) is 0.919. The lowest BCUT2D eigenvalue weighted by atomic mass is 9.96. The Morgan fingerprint density at radius 3 is 2.59 bits per heavy atom. The molecular weight excluding hydrogens is 317 g/mol. The van der Waals surface area contributed by atoms with Gasteiger partial charge in [-0.1, -0.05) is 12.1 Å². The topological polar surface area (TPSA) is 63.4 Å². The summed E-state index contributed by atoms with van der Waals surface area (Å²) in [5.74, 6) is 0.103. The van der Waals surface area contributed by atoms with Gasteiger partial charge in [0.2, 0.25) is 10.0 Å². The van der Waals surface area contributed by atoms with Crippen LogP contribution in [-0.4, -0.2) is 32.4 Å². The Morgan fingerprint density at radius 1 is 1.27 bits per heavy atom. The highest BCUT2D eigenvalue weighted by Crippen LogP contribution is 2.36. The lowest BCUT2D eigenvalue weighted by Gasteiger charge is -2.32. The van der Waals surface area contributed by atoms with Crippen LogP contribution in [0.5, 0.6) is 0 Å². The maximum atomic E-state index is 13.0. The first-order valence-corrected chi connectivity index (χ1v) is 8.57. The van der Waals surface area contributed by atoms with Gasteiger partial charge in [0.25, 0.3) is 0 Å². The second kappa shape index (κ2) is 6.55. The molecule has 1 fully saturated rings. The van der Waals surface area contributed by atoms with Gasteiger partial charge in [-0.3, -0.25) is 0 Å². The predicted molar refractivity (Wildman–Crippen MR) is 76.6 cm³/mol. The van der Waals surface area contributed by atoms with Crippen LogP contribution in [0.3, 0.4) is 0 Å². The molecular formula is C14H19F3N2O2S. The number of rotatable bonds is 4. The lowest BCUT2D eigenvalue weighted by Crippen LogP contribution is -2.41. The third-order valence-corrected chi connectivity index (χ3v) is 5.79. The molecule has 1 aliphatic rings. The fraction of sp³-hybridized carbons (Fsp3) is 0.571. The van der Waals surface area contributed by atoms with E-state index in [1.54, 1.807) is 0 Å². The molecule has 0 aliphatic carbocycles. The van der Waals surface area contributed by atoms with E-state index in [4.69, 9.17) is 5.73 Å². The zero-order chi connectivity index (χ0) is 16.4. The van der Waals surface area contributed by atoms with Crippen LogP contribution in [0, 0.1) is 5.92 Å². The largest absolute Gasteiger partial charge is 0.417 e. The summed E-state index contributed by atoms with van der Waals surface area (Å²) < 4.78 is 65.5. The van der Waals surface area contributed by atoms with Gasteiger partial charge in [-0.25, -0.2) is 8.42 Å². The highest BCUT2D eigenvalue weighted by Gasteiger charge is 2.39. The summed E-state index contributed by atoms with van der Waals surface area (Å²) in [5.41, 5.74) is 4.37. The van der Waals surface area contributed by atoms with Crippen LogP contribution in [-0.2, 0) is 16.2 Å². The normalized spacial score (nSPS) is 21.0. The van der Waals surface area contributed by atoms with Gasteiger partial charge in [0.05, 0.1) is 10.5 Å². The fourth-order valence-electron chi connectivity index (χ4n) is 2.78. The molecule has 1 atom stereocenters. The van der Waals surface area contributed by atoms with Crippen LogP contribution in [0.25, 0.3) is 0 Å². The summed E-state index contributed by atoms with van der Waals surface area (Å²) >= 11 is 0. The van der Waals surface area contributed by atoms with E-state index in [0.717, 1.165) is 22.9 Å². The number of halogens is 3. The molecule has 0 spiro atoms. The number of sulfonamides is 1. The Kier molecular flexibility index (Phi) is 5.14. The molecule has 1 aromatic carbocycles. The molecule has 8 heteroatoms. The van der Waals surface area contributed by atoms with E-state index >= 15 is 0 Å². The Labute approximate surface area is 128 Å². The van der Waals surface area contributed by atoms with E-state index in [2.05, 4.69) is 0 Å². The third kappa shape index (κ3) is 3.61. The Bertz CT molecular complexity index is 615. The SMILES string of the molecule is NCCC1CCCN(S(=O)(=O)c2ccccc2C(F)(F)F)C1. The number of nitrogens with two attached hydrogens (primary N) is 1. The Hall–Kier alpha value is -1.12. The van der Waals surface area contributed by atoms with E-state index in [9.17, 15) is 21.6 Å². The van der Waals surface area contributed by atoms with Crippen molar-refractivity contribution < 1.29 is 21.6 Å². The van der Waals surface area contributed by atoms with Gasteiger partial charge in [-0.15, -0.1) is 0 Å². The molecule has 0 saturated carbocycles. The van der Waals surface area contributed by atoms with Crippen molar-refractivity contribution in [1.82, 2.24) is 4.31 Å². The first-order chi connectivity index (χ1) is 10.3. The van der Waals surface area contributed by atoms with Crippen molar-refractivity contribution in [3.8, 4) is 0 Å². The van der Waals surface area contributed by atoms with E-state index in [-0.39, 0.29) is 19.0 Å². The number of benzene rings is 1. The van der Waals surface area contributed by atoms with Gasteiger partial charge < -0.3 is 5.73 Å². The number of nitrogens with zero attached hydrogens (tertiary/aromatic N) is 1. The van der Waals surface area contributed by atoms with Gasteiger partial charge in [-0.05, 0) is 43.9 Å². The monoisotopic (exact) mass is 336 g/mol. The first-order valence-electron chi connectivity index (χ1n) is 7.13. The van der Waals surface area contributed by atoms with Crippen LogP contribution in [0.4, 0.5) is 13.2 Å². The number of piperidine rings is 1. The highest BCUT2D eigenvalue weighted by atomic mass is 32.2. The second-order valence-electron chi connectivity index (χ2n) is 5.44. The molecule has 1 aliphatic heterocycles. The summed E-state index contributed by atoms with van der Waals surface area (Å²) in [5, 5.41) is 0. The van der Waals surface area contributed by atoms with Crippen molar-refractivity contribution in [3.63, 3.8) is 0 Å². The maximum absolute atomic E-state index is 13.0. The van der Waals surface area contributed by atoms with Crippen LogP contribution in [0.15, 0.2) is 29.2 Å². The van der Waals surface area contributed by atoms with Crippen LogP contribution in [0.2, 0.25) is 0 Å². The molecule has 4 nitrogen and oxygen atoms in total. The van der Waals surface area contributed by atoms with Crippen molar-refractivity contribution in [1.29, 1.82) is 0 Å². The lowest BCUT2D eigenvalue weighted by molar-refractivity contribution is -0.139. The maximum Gasteiger partial charge on any atom is 0.417 e. The molecule has 1 aromatic rings. The predicted octanol–water partition coefficient (Wildman–Crippen LogP) is 2.45. The van der Waals surface area contributed by atoms with E-state index in [1.807, 2.05) is 0 Å². The van der Waals surface area contributed by atoms with Gasteiger partial charge in [-0.2, -0.15) is 17.5 Å². The molecule has 22 heavy (non-hydrogen) atoms. The minimum Gasteiger partial charge on any atom is -0.330 e. The second-order valence-corrected chi connectivity index (χ2v) is 7.35. The molecule has 1 saturated heterocycles. The number of alkyl halides is 3. The van der Waals surface area contributed by atoms with Crippen molar-refractivity contribution >= 4 is 10.0 Å². The molecule has 0 bridgehead atoms. The van der Waals surface area contributed by atoms with Crippen LogP contribution < -0.4 is 5.73 Å². The molecule has 1 unspecified atom stereocenters. The zero-order valence-corrected chi connectivity index (χ0v) is 12.8. The summed E-state index contributed by atoms with van der Waals surface area (Å²) in [7, 11) is -4.15. The third-order valence-electron chi connectivity index (χ3n) is 3.87. The minimum atomic E-state index is -4.70. The molecule has 2 rings (SSSR count). The molecule has 0 aromatic heterocycles. The smallest absolute Gasteiger partial charge is 0.330 e. The van der Waals surface area contributed by atoms with Gasteiger partial charge >= 0.3 is 6.18 Å². The average molecular weight is 336 g/mol. The van der Waals surface area contributed by atoms with Crippen molar-refractivity contribution in [2.75, 3.05) is 19.6 Å². The Balaban J connectivity index is 2.35. The fourth-order valence-corrected chi connectivity index (χ4v) is 4.55. The first kappa shape index (κ1) is 17.2. The van der Waals surface area contributed by atoms with Gasteiger partial charge in [0.15, 0.2) is 0 Å². The molecule has 0 radical (unpaired) electrons. The standard InChI is InChI=1S/C14H19F3N2O2S/c15-14(16,17)12-5-1-2-6-13(12)22(20,21)19-9-3-4-11(10-19)7-8-18/h1-2,5-6,11H,3-4,7-10,18H2. The average Bonchev–Trinajstić information content (AvgIpc) is 2.47.